The van der Waals surface area contributed by atoms with Crippen LogP contribution in [0, 0.1) is 0 Å². The Morgan fingerprint density at radius 1 is 0.808 bits per heavy atom. The number of nitrogens with zero attached hydrogens (tertiary/aromatic N) is 1. The van der Waals surface area contributed by atoms with Gasteiger partial charge in [0.1, 0.15) is 6.54 Å². The maximum Gasteiger partial charge on any atom is 0.341 e. The summed E-state index contributed by atoms with van der Waals surface area (Å²) in [7, 11) is 0. The van der Waals surface area contributed by atoms with Gasteiger partial charge in [0, 0.05) is 32.7 Å². The van der Waals surface area contributed by atoms with Crippen molar-refractivity contribution in [2.45, 2.75) is 71.1 Å². The minimum atomic E-state index is -0.355. The van der Waals surface area contributed by atoms with Gasteiger partial charge in [0.25, 0.3) is 0 Å². The lowest BCUT2D eigenvalue weighted by atomic mass is 10.1. The smallest absolute Gasteiger partial charge is 0.341 e. The molecule has 0 saturated carbocycles. The van der Waals surface area contributed by atoms with Gasteiger partial charge in [-0.25, -0.2) is 15.6 Å². The molecule has 8 heteroatoms. The second-order valence-electron chi connectivity index (χ2n) is 6.53. The maximum absolute atomic E-state index is 11.8. The van der Waals surface area contributed by atoms with Crippen LogP contribution < -0.4 is 27.8 Å². The average molecular weight is 375 g/mol. The summed E-state index contributed by atoms with van der Waals surface area (Å²) in [5.41, 5.74) is 19.6. The minimum Gasteiger partial charge on any atom is -0.369 e. The second kappa shape index (κ2) is 20.5. The quantitative estimate of drug-likeness (QED) is 0.159. The van der Waals surface area contributed by atoms with Crippen molar-refractivity contribution in [2.24, 2.45) is 11.5 Å². The Morgan fingerprint density at radius 2 is 1.31 bits per heavy atom. The Balaban J connectivity index is 3.48. The first kappa shape index (κ1) is 25.2. The largest absolute Gasteiger partial charge is 0.369 e. The van der Waals surface area contributed by atoms with Gasteiger partial charge < -0.3 is 16.3 Å². The Labute approximate surface area is 159 Å². The van der Waals surface area contributed by atoms with Crippen LogP contribution in [0.5, 0.6) is 0 Å². The first-order valence-corrected chi connectivity index (χ1v) is 10.3. The Bertz CT molecular complexity index is 299. The first-order chi connectivity index (χ1) is 12.7. The van der Waals surface area contributed by atoms with Gasteiger partial charge in [-0.15, -0.1) is 0 Å². The molecular weight excluding hydrogens is 332 g/mol. The molecule has 0 aromatic heterocycles. The molecule has 0 aromatic carbocycles. The summed E-state index contributed by atoms with van der Waals surface area (Å²) < 4.78 is 0. The highest BCUT2D eigenvalue weighted by Gasteiger charge is 2.10. The van der Waals surface area contributed by atoms with Crippen LogP contribution in [-0.4, -0.2) is 50.4 Å². The van der Waals surface area contributed by atoms with Crippen molar-refractivity contribution in [3.63, 3.8) is 0 Å². The highest BCUT2D eigenvalue weighted by molar-refractivity contribution is 5.71. The molecule has 156 valence electrons. The van der Waals surface area contributed by atoms with E-state index in [2.05, 4.69) is 23.3 Å². The lowest BCUT2D eigenvalue weighted by Gasteiger charge is -2.22. The van der Waals surface area contributed by atoms with Gasteiger partial charge in [-0.1, -0.05) is 64.7 Å². The lowest BCUT2D eigenvalue weighted by molar-refractivity contribution is -0.154. The number of nitrogens with one attached hydrogen (secondary N) is 3. The summed E-state index contributed by atoms with van der Waals surface area (Å²) >= 11 is 0. The third-order valence-electron chi connectivity index (χ3n) is 4.00. The highest BCUT2D eigenvalue weighted by atomic mass is 16.7. The van der Waals surface area contributed by atoms with E-state index in [4.69, 9.17) is 16.3 Å². The standard InChI is InChI=1S/C18H42N6O2/c1-2-3-4-5-6-7-8-9-10-11-14-23-26-18(25)17-24(21-15-12-19)22-16-13-20/h21-23H,2-17,19-20H2,1H3. The van der Waals surface area contributed by atoms with Crippen molar-refractivity contribution in [3.05, 3.63) is 0 Å². The third kappa shape index (κ3) is 18.0. The van der Waals surface area contributed by atoms with Crippen LogP contribution in [0.4, 0.5) is 0 Å². The molecule has 0 amide bonds. The minimum absolute atomic E-state index is 0.0744. The zero-order valence-corrected chi connectivity index (χ0v) is 16.7. The Hall–Kier alpha value is -0.770. The van der Waals surface area contributed by atoms with Crippen LogP contribution in [0.2, 0.25) is 0 Å². The molecule has 0 rings (SSSR count). The molecule has 0 saturated heterocycles. The lowest BCUT2D eigenvalue weighted by Crippen LogP contribution is -2.53. The van der Waals surface area contributed by atoms with Gasteiger partial charge in [0.2, 0.25) is 0 Å². The predicted octanol–water partition coefficient (Wildman–Crippen LogP) is 1.18. The van der Waals surface area contributed by atoms with Gasteiger partial charge in [-0.05, 0) is 6.42 Å². The van der Waals surface area contributed by atoms with Crippen molar-refractivity contribution in [1.29, 1.82) is 0 Å². The topological polar surface area (TPSA) is 118 Å². The van der Waals surface area contributed by atoms with E-state index in [-0.39, 0.29) is 12.5 Å². The Kier molecular flexibility index (Phi) is 19.9. The van der Waals surface area contributed by atoms with Crippen molar-refractivity contribution in [2.75, 3.05) is 39.3 Å². The normalized spacial score (nSPS) is 11.2. The summed E-state index contributed by atoms with van der Waals surface area (Å²) in [6.45, 7) is 5.10. The summed E-state index contributed by atoms with van der Waals surface area (Å²) in [4.78, 5) is 16.8. The SMILES string of the molecule is CCCCCCCCCCCCNOC(=O)CN(NCCN)NCCN. The monoisotopic (exact) mass is 374 g/mol. The van der Waals surface area contributed by atoms with Crippen molar-refractivity contribution in [1.82, 2.24) is 21.4 Å². The van der Waals surface area contributed by atoms with Crippen LogP contribution in [0.15, 0.2) is 0 Å². The van der Waals surface area contributed by atoms with E-state index in [0.717, 1.165) is 6.42 Å². The van der Waals surface area contributed by atoms with Gasteiger partial charge in [0.05, 0.1) is 0 Å². The van der Waals surface area contributed by atoms with Gasteiger partial charge in [0.15, 0.2) is 0 Å². The average Bonchev–Trinajstić information content (AvgIpc) is 2.64. The molecule has 0 aliphatic heterocycles. The summed E-state index contributed by atoms with van der Waals surface area (Å²) in [6, 6.07) is 0. The Morgan fingerprint density at radius 3 is 1.81 bits per heavy atom. The van der Waals surface area contributed by atoms with Crippen LogP contribution >= 0.6 is 0 Å². The molecular formula is C18H42N6O2. The zero-order chi connectivity index (χ0) is 19.3. The number of hydrazine groups is 2. The van der Waals surface area contributed by atoms with E-state index in [0.29, 0.717) is 32.7 Å². The van der Waals surface area contributed by atoms with Crippen molar-refractivity contribution in [3.8, 4) is 0 Å². The first-order valence-electron chi connectivity index (χ1n) is 10.3. The predicted molar refractivity (Wildman–Crippen MR) is 107 cm³/mol. The van der Waals surface area contributed by atoms with Gasteiger partial charge in [-0.3, -0.25) is 0 Å². The summed E-state index contributed by atoms with van der Waals surface area (Å²) in [5.74, 6) is -0.355. The molecule has 0 aliphatic carbocycles. The number of rotatable bonds is 20. The molecule has 0 aliphatic rings. The third-order valence-corrected chi connectivity index (χ3v) is 4.00. The number of carbonyl (C=O) groups is 1. The molecule has 8 nitrogen and oxygen atoms in total. The molecule has 7 N–H and O–H groups in total. The molecule has 0 bridgehead atoms. The molecule has 0 atom stereocenters. The number of nitrogens with two attached hydrogens (primary N) is 2. The molecule has 0 radical (unpaired) electrons. The summed E-state index contributed by atoms with van der Waals surface area (Å²) in [6.07, 6.45) is 12.9. The number of unbranched alkanes of at least 4 members (excludes halogenated alkanes) is 9. The van der Waals surface area contributed by atoms with Crippen LogP contribution in [-0.2, 0) is 9.63 Å². The molecule has 0 unspecified atom stereocenters. The number of hydroxylamine groups is 1. The molecule has 26 heavy (non-hydrogen) atoms. The van der Waals surface area contributed by atoms with Crippen LogP contribution in [0.1, 0.15) is 71.1 Å². The maximum atomic E-state index is 11.8. The van der Waals surface area contributed by atoms with Gasteiger partial charge in [-0.2, -0.15) is 10.6 Å². The second-order valence-corrected chi connectivity index (χ2v) is 6.53. The zero-order valence-electron chi connectivity index (χ0n) is 16.7. The molecule has 0 spiro atoms. The van der Waals surface area contributed by atoms with E-state index in [1.807, 2.05) is 0 Å². The van der Waals surface area contributed by atoms with Crippen LogP contribution in [0.3, 0.4) is 0 Å². The fourth-order valence-electron chi connectivity index (χ4n) is 2.54. The van der Waals surface area contributed by atoms with E-state index >= 15 is 0 Å². The van der Waals surface area contributed by atoms with E-state index in [9.17, 15) is 4.79 Å². The highest BCUT2D eigenvalue weighted by Crippen LogP contribution is 2.10. The number of hydrogen-bond donors (Lipinski definition) is 5. The van der Waals surface area contributed by atoms with Gasteiger partial charge >= 0.3 is 5.97 Å². The van der Waals surface area contributed by atoms with Crippen molar-refractivity contribution >= 4 is 5.97 Å². The van der Waals surface area contributed by atoms with E-state index < -0.39 is 0 Å². The fourth-order valence-corrected chi connectivity index (χ4v) is 2.54. The number of hydrogen-bond acceptors (Lipinski definition) is 8. The summed E-state index contributed by atoms with van der Waals surface area (Å²) in [5, 5.41) is 1.56. The number of carbonyl (C=O) groups excluding carboxylic acids is 1. The van der Waals surface area contributed by atoms with Crippen LogP contribution in [0.25, 0.3) is 0 Å². The fraction of sp³-hybridized carbons (Fsp3) is 0.944. The van der Waals surface area contributed by atoms with Crippen molar-refractivity contribution < 1.29 is 9.63 Å². The molecule has 0 fully saturated rings. The van der Waals surface area contributed by atoms with E-state index in [1.165, 1.54) is 57.8 Å². The molecule has 0 aromatic rings. The molecule has 0 heterocycles. The van der Waals surface area contributed by atoms with E-state index in [1.54, 1.807) is 5.12 Å².